The summed E-state index contributed by atoms with van der Waals surface area (Å²) in [7, 11) is 0. The Kier molecular flexibility index (Phi) is 10.3. The quantitative estimate of drug-likeness (QED) is 0.336. The van der Waals surface area contributed by atoms with Gasteiger partial charge in [-0.1, -0.05) is 0 Å². The van der Waals surface area contributed by atoms with Crippen LogP contribution in [0.1, 0.15) is 0 Å². The third-order valence-corrected chi connectivity index (χ3v) is 9.89. The molecule has 1 nitrogen and oxygen atoms in total. The van der Waals surface area contributed by atoms with Crippen molar-refractivity contribution in [3.8, 4) is 0 Å². The summed E-state index contributed by atoms with van der Waals surface area (Å²) in [6.07, 6.45) is 0. The first-order valence-electron chi connectivity index (χ1n) is 8.54. The minimum atomic E-state index is -0.335. The van der Waals surface area contributed by atoms with E-state index in [2.05, 4.69) is 121 Å². The summed E-state index contributed by atoms with van der Waals surface area (Å²) in [5.74, 6) is 0. The van der Waals surface area contributed by atoms with Gasteiger partial charge in [-0.3, -0.25) is 0 Å². The Morgan fingerprint density at radius 2 is 0.481 bits per heavy atom. The van der Waals surface area contributed by atoms with Gasteiger partial charge in [-0.25, -0.2) is 0 Å². The van der Waals surface area contributed by atoms with Crippen LogP contribution in [0.15, 0.2) is 121 Å². The molecule has 3 heteroatoms. The molecule has 0 aliphatic rings. The Labute approximate surface area is 182 Å². The van der Waals surface area contributed by atoms with E-state index in [0.717, 1.165) is 0 Å². The zero-order valence-corrected chi connectivity index (χ0v) is 20.0. The summed E-state index contributed by atoms with van der Waals surface area (Å²) >= 11 is -0.670. The molecule has 2 N–H and O–H groups in total. The molecule has 0 aliphatic heterocycles. The van der Waals surface area contributed by atoms with E-state index in [4.69, 9.17) is 0 Å². The molecule has 0 saturated heterocycles. The third-order valence-electron chi connectivity index (χ3n) is 3.54. The summed E-state index contributed by atoms with van der Waals surface area (Å²) in [5.41, 5.74) is 0. The fourth-order valence-electron chi connectivity index (χ4n) is 2.31. The molecule has 0 bridgehead atoms. The Balaban J connectivity index is 0.000000187. The van der Waals surface area contributed by atoms with E-state index in [-0.39, 0.29) is 48.7 Å². The molecule has 0 atom stereocenters. The first kappa shape index (κ1) is 21.8. The standard InChI is InChI=1S/4C6H5.H2O.2Sb/c4*1-2-4-6-5-3-1;;;/h4*1-5H;1H2;;. The average molecular weight is 570 g/mol. The van der Waals surface area contributed by atoms with Gasteiger partial charge in [-0.05, 0) is 0 Å². The molecule has 134 valence electrons. The van der Waals surface area contributed by atoms with Crippen LogP contribution in [0.25, 0.3) is 0 Å². The van der Waals surface area contributed by atoms with Crippen molar-refractivity contribution in [2.24, 2.45) is 0 Å². The first-order chi connectivity index (χ1) is 12.9. The topological polar surface area (TPSA) is 31.5 Å². The van der Waals surface area contributed by atoms with Crippen LogP contribution in [0, 0.1) is 0 Å². The number of hydrogen-bond donors (Lipinski definition) is 0. The molecular formula is C24H22OSb2. The molecule has 0 aromatic heterocycles. The summed E-state index contributed by atoms with van der Waals surface area (Å²) in [6.45, 7) is 0. The van der Waals surface area contributed by atoms with E-state index < -0.39 is 0 Å². The Morgan fingerprint density at radius 1 is 0.296 bits per heavy atom. The zero-order chi connectivity index (χ0) is 17.9. The second kappa shape index (κ2) is 12.8. The van der Waals surface area contributed by atoms with E-state index >= 15 is 0 Å². The molecule has 4 rings (SSSR count). The van der Waals surface area contributed by atoms with E-state index in [1.54, 1.807) is 0 Å². The zero-order valence-electron chi connectivity index (χ0n) is 14.9. The van der Waals surface area contributed by atoms with Gasteiger partial charge in [-0.15, -0.1) is 0 Å². The van der Waals surface area contributed by atoms with Crippen LogP contribution in [0.3, 0.4) is 0 Å². The first-order valence-corrected chi connectivity index (χ1v) is 13.6. The van der Waals surface area contributed by atoms with Crippen molar-refractivity contribution in [2.45, 2.75) is 0 Å². The molecule has 0 fully saturated rings. The van der Waals surface area contributed by atoms with Crippen molar-refractivity contribution in [3.63, 3.8) is 0 Å². The van der Waals surface area contributed by atoms with Gasteiger partial charge in [0, 0.05) is 0 Å². The van der Waals surface area contributed by atoms with Crippen molar-refractivity contribution in [1.82, 2.24) is 0 Å². The van der Waals surface area contributed by atoms with E-state index in [1.165, 1.54) is 14.0 Å². The van der Waals surface area contributed by atoms with E-state index in [1.807, 2.05) is 0 Å². The Bertz CT molecular complexity index is 715. The fourth-order valence-corrected chi connectivity index (χ4v) is 7.68. The maximum atomic E-state index is 2.23. The molecule has 4 aromatic carbocycles. The van der Waals surface area contributed by atoms with Crippen LogP contribution in [0.5, 0.6) is 0 Å². The maximum absolute atomic E-state index is 2.23. The van der Waals surface area contributed by atoms with Crippen molar-refractivity contribution < 1.29 is 5.48 Å². The molecule has 0 spiro atoms. The van der Waals surface area contributed by atoms with Crippen LogP contribution in [0.4, 0.5) is 0 Å². The van der Waals surface area contributed by atoms with Crippen molar-refractivity contribution >= 4 is 57.3 Å². The van der Waals surface area contributed by atoms with Gasteiger partial charge in [0.15, 0.2) is 0 Å². The van der Waals surface area contributed by atoms with Crippen molar-refractivity contribution in [1.29, 1.82) is 0 Å². The van der Waals surface area contributed by atoms with Gasteiger partial charge in [0.2, 0.25) is 0 Å². The molecule has 27 heavy (non-hydrogen) atoms. The van der Waals surface area contributed by atoms with Gasteiger partial charge in [0.25, 0.3) is 0 Å². The molecular weight excluding hydrogens is 548 g/mol. The molecule has 0 amide bonds. The van der Waals surface area contributed by atoms with Gasteiger partial charge < -0.3 is 5.48 Å². The molecule has 0 heterocycles. The second-order valence-electron chi connectivity index (χ2n) is 5.57. The minimum absolute atomic E-state index is 0. The van der Waals surface area contributed by atoms with E-state index in [9.17, 15) is 0 Å². The van der Waals surface area contributed by atoms with Crippen LogP contribution in [-0.4, -0.2) is 48.7 Å². The normalized spacial score (nSPS) is 9.48. The van der Waals surface area contributed by atoms with Gasteiger partial charge >= 0.3 is 179 Å². The third kappa shape index (κ3) is 8.35. The number of benzene rings is 4. The summed E-state index contributed by atoms with van der Waals surface area (Å²) < 4.78 is 6.08. The molecule has 0 aliphatic carbocycles. The number of rotatable bonds is 4. The molecule has 4 aromatic rings. The summed E-state index contributed by atoms with van der Waals surface area (Å²) in [4.78, 5) is 0. The Morgan fingerprint density at radius 3 is 0.667 bits per heavy atom. The predicted molar refractivity (Wildman–Crippen MR) is 119 cm³/mol. The summed E-state index contributed by atoms with van der Waals surface area (Å²) in [6, 6.07) is 43.1. The molecule has 0 unspecified atom stereocenters. The second-order valence-corrected chi connectivity index (χ2v) is 12.7. The van der Waals surface area contributed by atoms with Crippen molar-refractivity contribution in [3.05, 3.63) is 121 Å². The Hall–Kier alpha value is -1.52. The predicted octanol–water partition coefficient (Wildman–Crippen LogP) is 1.86. The SMILES string of the molecule is O.c1cc[c]([Sb][c]2ccccc2)cc1.c1cc[c]([Sb][c]2ccccc2)cc1. The average Bonchev–Trinajstić information content (AvgIpc) is 2.72. The monoisotopic (exact) mass is 568 g/mol. The number of hydrogen-bond acceptors (Lipinski definition) is 0. The molecule has 2 radical (unpaired) electrons. The van der Waals surface area contributed by atoms with Gasteiger partial charge in [-0.2, -0.15) is 0 Å². The van der Waals surface area contributed by atoms with Gasteiger partial charge in [0.1, 0.15) is 0 Å². The van der Waals surface area contributed by atoms with E-state index in [0.29, 0.717) is 0 Å². The summed E-state index contributed by atoms with van der Waals surface area (Å²) in [5, 5.41) is 0. The van der Waals surface area contributed by atoms with Gasteiger partial charge in [0.05, 0.1) is 0 Å². The molecule has 0 saturated carbocycles. The fraction of sp³-hybridized carbons (Fsp3) is 0. The van der Waals surface area contributed by atoms with Crippen molar-refractivity contribution in [2.75, 3.05) is 0 Å². The van der Waals surface area contributed by atoms with Crippen LogP contribution < -0.4 is 14.0 Å². The van der Waals surface area contributed by atoms with Crippen LogP contribution in [0.2, 0.25) is 0 Å². The van der Waals surface area contributed by atoms with Crippen LogP contribution >= 0.6 is 0 Å². The van der Waals surface area contributed by atoms with Crippen LogP contribution in [-0.2, 0) is 0 Å².